The number of fused-ring (bicyclic) bond motifs is 1. The Bertz CT molecular complexity index is 781. The second-order valence-electron chi connectivity index (χ2n) is 5.59. The average Bonchev–Trinajstić information content (AvgIpc) is 2.88. The number of rotatable bonds is 1. The molecule has 23 heavy (non-hydrogen) atoms. The van der Waals surface area contributed by atoms with E-state index in [9.17, 15) is 18.0 Å². The van der Waals surface area contributed by atoms with Crippen LogP contribution in [0.15, 0.2) is 30.5 Å². The number of amides is 1. The molecule has 0 aliphatic carbocycles. The van der Waals surface area contributed by atoms with Crippen molar-refractivity contribution in [2.24, 2.45) is 0 Å². The Morgan fingerprint density at radius 2 is 2.09 bits per heavy atom. The highest BCUT2D eigenvalue weighted by Gasteiger charge is 2.32. The van der Waals surface area contributed by atoms with Crippen LogP contribution < -0.4 is 0 Å². The number of alkyl halides is 3. The minimum atomic E-state index is -4.44. The molecule has 1 saturated heterocycles. The summed E-state index contributed by atoms with van der Waals surface area (Å²) in [4.78, 5) is 16.2. The normalized spacial score (nSPS) is 17.0. The highest BCUT2D eigenvalue weighted by atomic mass is 19.4. The number of halogens is 3. The van der Waals surface area contributed by atoms with E-state index in [0.29, 0.717) is 30.7 Å². The summed E-state index contributed by atoms with van der Waals surface area (Å²) < 4.78 is 38.2. The first-order valence-electron chi connectivity index (χ1n) is 7.01. The van der Waals surface area contributed by atoms with Crippen LogP contribution in [0.1, 0.15) is 16.1 Å². The smallest absolute Gasteiger partial charge is 0.309 e. The molecule has 1 aromatic heterocycles. The summed E-state index contributed by atoms with van der Waals surface area (Å²) in [6, 6.07) is 3.18. The van der Waals surface area contributed by atoms with Gasteiger partial charge >= 0.3 is 6.18 Å². The van der Waals surface area contributed by atoms with Gasteiger partial charge in [0.25, 0.3) is 5.91 Å². The molecule has 122 valence electrons. The second-order valence-corrected chi connectivity index (χ2v) is 5.59. The van der Waals surface area contributed by atoms with Crippen LogP contribution in [0.4, 0.5) is 13.2 Å². The molecule has 0 radical (unpaired) electrons. The van der Waals surface area contributed by atoms with E-state index in [1.54, 1.807) is 0 Å². The molecule has 0 unspecified atom stereocenters. The molecule has 8 heteroatoms. The average molecular weight is 324 g/mol. The van der Waals surface area contributed by atoms with E-state index in [1.807, 2.05) is 11.9 Å². The number of nitrogens with one attached hydrogen (secondary N) is 1. The largest absolute Gasteiger partial charge is 0.416 e. The maximum absolute atomic E-state index is 12.7. The minimum absolute atomic E-state index is 0.111. The van der Waals surface area contributed by atoms with Crippen LogP contribution in [-0.4, -0.2) is 52.6 Å². The monoisotopic (exact) mass is 324 g/mol. The lowest BCUT2D eigenvalue weighted by Gasteiger charge is -2.33. The van der Waals surface area contributed by atoms with Crippen LogP contribution in [0.25, 0.3) is 10.9 Å². The fraction of sp³-hybridized carbons (Fsp3) is 0.333. The Hall–Kier alpha value is -2.35. The first-order chi connectivity index (χ1) is 10.8. The second kappa shape index (κ2) is 5.38. The molecule has 0 atom stereocenters. The lowest BCUT2D eigenvalue weighted by Crippen LogP contribution is -2.45. The zero-order chi connectivity index (χ0) is 16.8. The highest BCUT2D eigenvalue weighted by Crippen LogP contribution is 2.31. The van der Waals surface area contributed by atoms with Crippen LogP contribution in [0.5, 0.6) is 0 Å². The van der Waals surface area contributed by atoms with Gasteiger partial charge in [0.05, 0.1) is 11.1 Å². The number of aromatic nitrogens is 2. The number of carbonyl (C=O) groups excluding carboxylic acids is 1. The van der Waals surface area contributed by atoms with Crippen molar-refractivity contribution in [3.05, 3.63) is 41.7 Å². The van der Waals surface area contributed by atoms with E-state index >= 15 is 0 Å². The molecule has 1 N–H and O–H groups in total. The maximum atomic E-state index is 12.7. The van der Waals surface area contributed by atoms with Gasteiger partial charge in [-0.25, -0.2) is 0 Å². The zero-order valence-electron chi connectivity index (χ0n) is 12.4. The van der Waals surface area contributed by atoms with Gasteiger partial charge in [-0.15, -0.1) is 0 Å². The lowest BCUT2D eigenvalue weighted by molar-refractivity contribution is -0.137. The lowest BCUT2D eigenvalue weighted by atomic mass is 10.1. The number of carbonyl (C=O) groups is 1. The van der Waals surface area contributed by atoms with Crippen LogP contribution in [-0.2, 0) is 6.18 Å². The predicted octanol–water partition coefficient (Wildman–Crippen LogP) is 2.48. The van der Waals surface area contributed by atoms with Gasteiger partial charge in [0.2, 0.25) is 0 Å². The zero-order valence-corrected chi connectivity index (χ0v) is 12.4. The van der Waals surface area contributed by atoms with Crippen LogP contribution in [0.3, 0.4) is 0 Å². The van der Waals surface area contributed by atoms with Crippen LogP contribution in [0, 0.1) is 0 Å². The van der Waals surface area contributed by atoms with Crippen LogP contribution in [0.2, 0.25) is 0 Å². The van der Waals surface area contributed by atoms with Crippen molar-refractivity contribution >= 4 is 16.8 Å². The molecule has 2 heterocycles. The standard InChI is InChI=1S/C15H15F3N4O/c1-9-8-21(2)5-6-22(9)14(23)13-11-4-3-10(15(16,17)18)7-12(11)19-20-13/h3-4,7H,1,5-6,8H2,2H3,(H,19,20). The van der Waals surface area contributed by atoms with E-state index in [4.69, 9.17) is 0 Å². The number of aromatic amines is 1. The molecular weight excluding hydrogens is 309 g/mol. The van der Waals surface area contributed by atoms with E-state index in [2.05, 4.69) is 16.8 Å². The maximum Gasteiger partial charge on any atom is 0.416 e. The summed E-state index contributed by atoms with van der Waals surface area (Å²) >= 11 is 0. The SMILES string of the molecule is C=C1CN(C)CCN1C(=O)c1n[nH]c2cc(C(F)(F)F)ccc12. The van der Waals surface area contributed by atoms with Gasteiger partial charge in [-0.3, -0.25) is 14.8 Å². The van der Waals surface area contributed by atoms with Crippen LogP contribution >= 0.6 is 0 Å². The summed E-state index contributed by atoms with van der Waals surface area (Å²) in [6.45, 7) is 5.62. The van der Waals surface area contributed by atoms with E-state index in [0.717, 1.165) is 12.1 Å². The summed E-state index contributed by atoms with van der Waals surface area (Å²) in [5.74, 6) is -0.353. The molecule has 1 fully saturated rings. The van der Waals surface area contributed by atoms with Crippen molar-refractivity contribution in [2.75, 3.05) is 26.7 Å². The summed E-state index contributed by atoms with van der Waals surface area (Å²) in [7, 11) is 1.93. The van der Waals surface area contributed by atoms with Gasteiger partial charge in [0.1, 0.15) is 0 Å². The topological polar surface area (TPSA) is 52.2 Å². The third kappa shape index (κ3) is 2.81. The Morgan fingerprint density at radius 3 is 2.74 bits per heavy atom. The molecule has 5 nitrogen and oxygen atoms in total. The molecule has 0 saturated carbocycles. The fourth-order valence-electron chi connectivity index (χ4n) is 2.64. The van der Waals surface area contributed by atoms with E-state index in [-0.39, 0.29) is 17.1 Å². The van der Waals surface area contributed by atoms with Gasteiger partial charge in [-0.1, -0.05) is 6.58 Å². The number of nitrogens with zero attached hydrogens (tertiary/aromatic N) is 3. The first-order valence-corrected chi connectivity index (χ1v) is 7.01. The Labute approximate surface area is 130 Å². The van der Waals surface area contributed by atoms with Gasteiger partial charge in [0, 0.05) is 30.7 Å². The van der Waals surface area contributed by atoms with E-state index in [1.165, 1.54) is 11.0 Å². The third-order valence-electron chi connectivity index (χ3n) is 3.88. The van der Waals surface area contributed by atoms with Crippen molar-refractivity contribution in [3.8, 4) is 0 Å². The fourth-order valence-corrected chi connectivity index (χ4v) is 2.64. The molecule has 3 rings (SSSR count). The molecule has 1 amide bonds. The number of hydrogen-bond acceptors (Lipinski definition) is 3. The number of piperazine rings is 1. The minimum Gasteiger partial charge on any atom is -0.309 e. The number of H-pyrrole nitrogens is 1. The summed E-state index contributed by atoms with van der Waals surface area (Å²) in [5.41, 5.74) is 0.158. The van der Waals surface area contributed by atoms with Gasteiger partial charge in [-0.2, -0.15) is 18.3 Å². The van der Waals surface area contributed by atoms with Crippen molar-refractivity contribution in [2.45, 2.75) is 6.18 Å². The van der Waals surface area contributed by atoms with Crippen molar-refractivity contribution in [1.29, 1.82) is 0 Å². The molecule has 2 aromatic rings. The Balaban J connectivity index is 1.94. The van der Waals surface area contributed by atoms with Crippen molar-refractivity contribution in [1.82, 2.24) is 20.0 Å². The van der Waals surface area contributed by atoms with Gasteiger partial charge in [0.15, 0.2) is 5.69 Å². The molecule has 0 spiro atoms. The third-order valence-corrected chi connectivity index (χ3v) is 3.88. The quantitative estimate of drug-likeness (QED) is 0.877. The summed E-state index contributed by atoms with van der Waals surface area (Å²) in [5, 5.41) is 6.79. The van der Waals surface area contributed by atoms with Crippen molar-refractivity contribution in [3.63, 3.8) is 0 Å². The van der Waals surface area contributed by atoms with Crippen molar-refractivity contribution < 1.29 is 18.0 Å². The molecule has 1 aliphatic heterocycles. The summed E-state index contributed by atoms with van der Waals surface area (Å²) in [6.07, 6.45) is -4.44. The molecule has 0 bridgehead atoms. The predicted molar refractivity (Wildman–Crippen MR) is 78.8 cm³/mol. The molecular formula is C15H15F3N4O. The molecule has 1 aromatic carbocycles. The number of benzene rings is 1. The Kier molecular flexibility index (Phi) is 3.63. The Morgan fingerprint density at radius 1 is 1.35 bits per heavy atom. The van der Waals surface area contributed by atoms with Gasteiger partial charge in [-0.05, 0) is 25.2 Å². The number of likely N-dealkylation sites (N-methyl/N-ethyl adjacent to an activating group) is 1. The molecule has 1 aliphatic rings. The highest BCUT2D eigenvalue weighted by molar-refractivity contribution is 6.05. The van der Waals surface area contributed by atoms with Gasteiger partial charge < -0.3 is 4.90 Å². The van der Waals surface area contributed by atoms with E-state index < -0.39 is 11.7 Å². The first kappa shape index (κ1) is 15.5. The number of hydrogen-bond donors (Lipinski definition) is 1.